The number of hydrogen-bond donors (Lipinski definition) is 1. The molecule has 1 aromatic carbocycles. The Hall–Kier alpha value is -0.570. The quantitative estimate of drug-likeness (QED) is 0.872. The van der Waals surface area contributed by atoms with Crippen LogP contribution in [-0.2, 0) is 11.3 Å². The highest BCUT2D eigenvalue weighted by atomic mass is 35.5. The maximum Gasteiger partial charge on any atom is 0.0779 e. The Morgan fingerprint density at radius 2 is 2.12 bits per heavy atom. The lowest BCUT2D eigenvalue weighted by molar-refractivity contribution is 0.0207. The van der Waals surface area contributed by atoms with Crippen molar-refractivity contribution in [2.24, 2.45) is 0 Å². The van der Waals surface area contributed by atoms with E-state index in [2.05, 4.69) is 12.2 Å². The van der Waals surface area contributed by atoms with E-state index in [-0.39, 0.29) is 5.60 Å². The lowest BCUT2D eigenvalue weighted by Crippen LogP contribution is -2.36. The largest absolute Gasteiger partial charge is 0.374 e. The molecule has 1 fully saturated rings. The fourth-order valence-corrected chi connectivity index (χ4v) is 2.18. The first-order valence-corrected chi connectivity index (χ1v) is 6.15. The SMILES string of the molecule is CC1(CNCc2ccc(Cl)cc2)CCCO1. The van der Waals surface area contributed by atoms with Crippen LogP contribution in [0.4, 0.5) is 0 Å². The van der Waals surface area contributed by atoms with Gasteiger partial charge in [-0.25, -0.2) is 0 Å². The molecular formula is C13H18ClNO. The highest BCUT2D eigenvalue weighted by Gasteiger charge is 2.28. The second kappa shape index (κ2) is 5.17. The van der Waals surface area contributed by atoms with Crippen molar-refractivity contribution in [3.05, 3.63) is 34.9 Å². The molecule has 0 spiro atoms. The van der Waals surface area contributed by atoms with Gasteiger partial charge in [-0.15, -0.1) is 0 Å². The molecule has 1 saturated heterocycles. The van der Waals surface area contributed by atoms with E-state index in [9.17, 15) is 0 Å². The minimum absolute atomic E-state index is 0.0342. The van der Waals surface area contributed by atoms with Crippen molar-refractivity contribution in [1.29, 1.82) is 0 Å². The molecule has 1 aliphatic rings. The molecule has 2 rings (SSSR count). The monoisotopic (exact) mass is 239 g/mol. The third kappa shape index (κ3) is 3.21. The van der Waals surface area contributed by atoms with Gasteiger partial charge in [-0.05, 0) is 37.5 Å². The summed E-state index contributed by atoms with van der Waals surface area (Å²) in [4.78, 5) is 0. The van der Waals surface area contributed by atoms with E-state index in [4.69, 9.17) is 16.3 Å². The molecule has 1 aromatic rings. The Labute approximate surface area is 102 Å². The van der Waals surface area contributed by atoms with E-state index in [0.717, 1.165) is 31.1 Å². The molecule has 0 aliphatic carbocycles. The number of halogens is 1. The van der Waals surface area contributed by atoms with E-state index in [1.807, 2.05) is 24.3 Å². The molecule has 2 nitrogen and oxygen atoms in total. The summed E-state index contributed by atoms with van der Waals surface area (Å²) in [5.41, 5.74) is 1.29. The van der Waals surface area contributed by atoms with Crippen molar-refractivity contribution in [1.82, 2.24) is 5.32 Å². The van der Waals surface area contributed by atoms with Crippen LogP contribution < -0.4 is 5.32 Å². The summed E-state index contributed by atoms with van der Waals surface area (Å²) in [6, 6.07) is 7.94. The van der Waals surface area contributed by atoms with E-state index >= 15 is 0 Å². The van der Waals surface area contributed by atoms with Crippen molar-refractivity contribution in [3.63, 3.8) is 0 Å². The Morgan fingerprint density at radius 3 is 2.75 bits per heavy atom. The first kappa shape index (κ1) is 11.9. The average Bonchev–Trinajstić information content (AvgIpc) is 2.69. The normalized spacial score (nSPS) is 24.9. The third-order valence-corrected chi connectivity index (χ3v) is 3.29. The molecule has 0 saturated carbocycles. The zero-order valence-corrected chi connectivity index (χ0v) is 10.4. The van der Waals surface area contributed by atoms with E-state index in [1.165, 1.54) is 12.0 Å². The van der Waals surface area contributed by atoms with Crippen LogP contribution in [0.25, 0.3) is 0 Å². The van der Waals surface area contributed by atoms with Gasteiger partial charge in [0.15, 0.2) is 0 Å². The topological polar surface area (TPSA) is 21.3 Å². The predicted molar refractivity (Wildman–Crippen MR) is 66.7 cm³/mol. The number of nitrogens with one attached hydrogen (secondary N) is 1. The molecule has 1 aliphatic heterocycles. The van der Waals surface area contributed by atoms with Crippen LogP contribution >= 0.6 is 11.6 Å². The zero-order chi connectivity index (χ0) is 11.4. The summed E-state index contributed by atoms with van der Waals surface area (Å²) in [5, 5.41) is 4.22. The van der Waals surface area contributed by atoms with Crippen LogP contribution in [0.1, 0.15) is 25.3 Å². The van der Waals surface area contributed by atoms with E-state index in [1.54, 1.807) is 0 Å². The van der Waals surface area contributed by atoms with Gasteiger partial charge in [-0.1, -0.05) is 23.7 Å². The van der Waals surface area contributed by atoms with Crippen LogP contribution in [0, 0.1) is 0 Å². The Kier molecular flexibility index (Phi) is 3.85. The maximum absolute atomic E-state index is 5.83. The lowest BCUT2D eigenvalue weighted by atomic mass is 10.0. The standard InChI is InChI=1S/C13H18ClNO/c1-13(7-2-8-16-13)10-15-9-11-3-5-12(14)6-4-11/h3-6,15H,2,7-10H2,1H3. The van der Waals surface area contributed by atoms with Gasteiger partial charge in [0.25, 0.3) is 0 Å². The number of rotatable bonds is 4. The summed E-state index contributed by atoms with van der Waals surface area (Å²) >= 11 is 5.83. The number of hydrogen-bond acceptors (Lipinski definition) is 2. The Morgan fingerprint density at radius 1 is 1.38 bits per heavy atom. The molecule has 16 heavy (non-hydrogen) atoms. The molecule has 0 bridgehead atoms. The smallest absolute Gasteiger partial charge is 0.0779 e. The van der Waals surface area contributed by atoms with Crippen molar-refractivity contribution >= 4 is 11.6 Å². The minimum atomic E-state index is 0.0342. The van der Waals surface area contributed by atoms with Gasteiger partial charge in [0.1, 0.15) is 0 Å². The first-order valence-electron chi connectivity index (χ1n) is 5.77. The summed E-state index contributed by atoms with van der Waals surface area (Å²) in [7, 11) is 0. The van der Waals surface area contributed by atoms with Gasteiger partial charge < -0.3 is 10.1 Å². The van der Waals surface area contributed by atoms with E-state index in [0.29, 0.717) is 0 Å². The maximum atomic E-state index is 5.83. The van der Waals surface area contributed by atoms with Gasteiger partial charge >= 0.3 is 0 Å². The predicted octanol–water partition coefficient (Wildman–Crippen LogP) is 3.00. The highest BCUT2D eigenvalue weighted by molar-refractivity contribution is 6.30. The van der Waals surface area contributed by atoms with Crippen molar-refractivity contribution in [2.45, 2.75) is 31.9 Å². The molecule has 1 heterocycles. The van der Waals surface area contributed by atoms with Gasteiger partial charge in [-0.2, -0.15) is 0 Å². The van der Waals surface area contributed by atoms with Gasteiger partial charge in [0.2, 0.25) is 0 Å². The second-order valence-corrected chi connectivity index (χ2v) is 5.07. The van der Waals surface area contributed by atoms with Crippen LogP contribution in [0.2, 0.25) is 5.02 Å². The minimum Gasteiger partial charge on any atom is -0.374 e. The summed E-state index contributed by atoms with van der Waals surface area (Å²) in [5.74, 6) is 0. The first-order chi connectivity index (χ1) is 7.68. The van der Waals surface area contributed by atoms with Gasteiger partial charge in [0, 0.05) is 24.7 Å². The van der Waals surface area contributed by atoms with Gasteiger partial charge in [0.05, 0.1) is 5.60 Å². The summed E-state index contributed by atoms with van der Waals surface area (Å²) in [6.07, 6.45) is 2.33. The van der Waals surface area contributed by atoms with Crippen LogP contribution in [0.5, 0.6) is 0 Å². The molecule has 88 valence electrons. The number of ether oxygens (including phenoxy) is 1. The van der Waals surface area contributed by atoms with Crippen molar-refractivity contribution in [3.8, 4) is 0 Å². The van der Waals surface area contributed by atoms with Gasteiger partial charge in [-0.3, -0.25) is 0 Å². The molecule has 0 aromatic heterocycles. The Balaban J connectivity index is 1.77. The van der Waals surface area contributed by atoms with Crippen LogP contribution in [-0.4, -0.2) is 18.8 Å². The third-order valence-electron chi connectivity index (χ3n) is 3.04. The average molecular weight is 240 g/mol. The Bertz CT molecular complexity index is 330. The molecule has 1 unspecified atom stereocenters. The lowest BCUT2D eigenvalue weighted by Gasteiger charge is -2.23. The number of benzene rings is 1. The van der Waals surface area contributed by atoms with E-state index < -0.39 is 0 Å². The summed E-state index contributed by atoms with van der Waals surface area (Å²) in [6.45, 7) is 4.86. The highest BCUT2D eigenvalue weighted by Crippen LogP contribution is 2.23. The molecule has 1 N–H and O–H groups in total. The molecule has 1 atom stereocenters. The zero-order valence-electron chi connectivity index (χ0n) is 9.63. The molecule has 0 amide bonds. The van der Waals surface area contributed by atoms with Crippen LogP contribution in [0.15, 0.2) is 24.3 Å². The fourth-order valence-electron chi connectivity index (χ4n) is 2.05. The van der Waals surface area contributed by atoms with Crippen molar-refractivity contribution in [2.75, 3.05) is 13.2 Å². The second-order valence-electron chi connectivity index (χ2n) is 4.63. The molecular weight excluding hydrogens is 222 g/mol. The van der Waals surface area contributed by atoms with Crippen LogP contribution in [0.3, 0.4) is 0 Å². The molecule has 0 radical (unpaired) electrons. The summed E-state index contributed by atoms with van der Waals surface area (Å²) < 4.78 is 5.71. The van der Waals surface area contributed by atoms with Crippen molar-refractivity contribution < 1.29 is 4.74 Å². The molecule has 3 heteroatoms. The fraction of sp³-hybridized carbons (Fsp3) is 0.538.